The Hall–Kier alpha value is -4.28. The topological polar surface area (TPSA) is 23.4 Å². The van der Waals surface area contributed by atoms with Gasteiger partial charge in [-0.1, -0.05) is 60.7 Å². The van der Waals surface area contributed by atoms with Crippen molar-refractivity contribution in [1.29, 1.82) is 0 Å². The number of benzene rings is 5. The highest BCUT2D eigenvalue weighted by Gasteiger charge is 2.23. The highest BCUT2D eigenvalue weighted by Crippen LogP contribution is 2.49. The number of thiophene rings is 1. The maximum Gasteiger partial charge on any atom is 0.172 e. The molecule has 5 aromatic carbocycles. The van der Waals surface area contributed by atoms with E-state index in [2.05, 4.69) is 83.4 Å². The molecule has 34 heavy (non-hydrogen) atoms. The number of fused-ring (bicyclic) bond motifs is 8. The fourth-order valence-corrected chi connectivity index (χ4v) is 6.37. The van der Waals surface area contributed by atoms with E-state index >= 15 is 0 Å². The van der Waals surface area contributed by atoms with Crippen molar-refractivity contribution in [2.75, 3.05) is 0 Å². The van der Waals surface area contributed by atoms with Crippen molar-refractivity contribution in [3.05, 3.63) is 103 Å². The van der Waals surface area contributed by atoms with Gasteiger partial charge in [0.2, 0.25) is 0 Å². The van der Waals surface area contributed by atoms with E-state index in [1.165, 1.54) is 36.8 Å². The Labute approximate surface area is 199 Å². The second kappa shape index (κ2) is 6.62. The van der Waals surface area contributed by atoms with Gasteiger partial charge in [-0.25, -0.2) is 0 Å². The molecule has 0 unspecified atom stereocenters. The minimum atomic E-state index is 0.735. The second-order valence-corrected chi connectivity index (χ2v) is 9.62. The Balaban J connectivity index is 1.47. The second-order valence-electron chi connectivity index (χ2n) is 8.57. The minimum absolute atomic E-state index is 0.735. The van der Waals surface area contributed by atoms with Crippen LogP contribution in [-0.4, -0.2) is 4.57 Å². The fourth-order valence-electron chi connectivity index (χ4n) is 5.16. The lowest BCUT2D eigenvalue weighted by Gasteiger charge is -2.20. The average Bonchev–Trinajstić information content (AvgIpc) is 3.42. The van der Waals surface area contributed by atoms with E-state index < -0.39 is 0 Å². The van der Waals surface area contributed by atoms with Crippen LogP contribution in [0.2, 0.25) is 0 Å². The molecule has 0 saturated heterocycles. The van der Waals surface area contributed by atoms with E-state index in [4.69, 9.17) is 9.47 Å². The summed E-state index contributed by atoms with van der Waals surface area (Å²) in [6.07, 6.45) is 0. The van der Waals surface area contributed by atoms with Crippen LogP contribution >= 0.6 is 11.3 Å². The average molecular weight is 456 g/mol. The van der Waals surface area contributed by atoms with Gasteiger partial charge in [0.15, 0.2) is 23.0 Å². The standard InChI is InChI=1S/C30H17NO2S/c1-3-11-22-18(8-1)21-16-27-28(33-26-14-5-4-13-25(26)32-27)17-24(21)31(22)23-12-7-10-20-19-9-2-6-15-29(19)34-30(20)23/h1-17H. The third kappa shape index (κ3) is 2.40. The maximum atomic E-state index is 6.27. The molecule has 1 aliphatic heterocycles. The maximum absolute atomic E-state index is 6.27. The predicted octanol–water partition coefficient (Wildman–Crippen LogP) is 9.05. The molecule has 0 fully saturated rings. The van der Waals surface area contributed by atoms with Crippen molar-refractivity contribution in [3.63, 3.8) is 0 Å². The van der Waals surface area contributed by atoms with Gasteiger partial charge in [-0.15, -0.1) is 11.3 Å². The Bertz CT molecular complexity index is 1930. The molecule has 3 nitrogen and oxygen atoms in total. The van der Waals surface area contributed by atoms with Crippen LogP contribution in [0.4, 0.5) is 0 Å². The largest absolute Gasteiger partial charge is 0.449 e. The van der Waals surface area contributed by atoms with E-state index in [-0.39, 0.29) is 0 Å². The molecule has 0 atom stereocenters. The van der Waals surface area contributed by atoms with Crippen molar-refractivity contribution in [3.8, 4) is 28.7 Å². The monoisotopic (exact) mass is 455 g/mol. The van der Waals surface area contributed by atoms with Gasteiger partial charge >= 0.3 is 0 Å². The number of hydrogen-bond donors (Lipinski definition) is 0. The van der Waals surface area contributed by atoms with Gasteiger partial charge in [0.25, 0.3) is 0 Å². The van der Waals surface area contributed by atoms with E-state index in [0.29, 0.717) is 0 Å². The third-order valence-corrected chi connectivity index (χ3v) is 7.86. The summed E-state index contributed by atoms with van der Waals surface area (Å²) < 4.78 is 17.5. The molecule has 8 rings (SSSR count). The summed E-state index contributed by atoms with van der Waals surface area (Å²) in [4.78, 5) is 0. The van der Waals surface area contributed by atoms with Crippen molar-refractivity contribution in [1.82, 2.24) is 4.57 Å². The van der Waals surface area contributed by atoms with Gasteiger partial charge in [0, 0.05) is 32.3 Å². The molecule has 4 heteroatoms. The molecule has 160 valence electrons. The number of ether oxygens (including phenoxy) is 2. The summed E-state index contributed by atoms with van der Waals surface area (Å²) in [5, 5.41) is 4.93. The molecule has 0 bridgehead atoms. The lowest BCUT2D eigenvalue weighted by Crippen LogP contribution is -1.99. The molecule has 1 aliphatic rings. The molecule has 0 aliphatic carbocycles. The summed E-state index contributed by atoms with van der Waals surface area (Å²) in [7, 11) is 0. The molecule has 3 heterocycles. The molecule has 0 saturated carbocycles. The number of nitrogens with zero attached hydrogens (tertiary/aromatic N) is 1. The minimum Gasteiger partial charge on any atom is -0.449 e. The summed E-state index contributed by atoms with van der Waals surface area (Å²) in [6, 6.07) is 35.8. The van der Waals surface area contributed by atoms with Gasteiger partial charge in [-0.3, -0.25) is 0 Å². The van der Waals surface area contributed by atoms with Crippen LogP contribution in [0.1, 0.15) is 0 Å². The van der Waals surface area contributed by atoms with Gasteiger partial charge in [0.05, 0.1) is 21.4 Å². The molecule has 2 aromatic heterocycles. The van der Waals surface area contributed by atoms with Crippen LogP contribution in [0.5, 0.6) is 23.0 Å². The molecule has 0 radical (unpaired) electrons. The van der Waals surface area contributed by atoms with E-state index in [9.17, 15) is 0 Å². The van der Waals surface area contributed by atoms with Crippen LogP contribution in [0, 0.1) is 0 Å². The van der Waals surface area contributed by atoms with Gasteiger partial charge in [0.1, 0.15) is 0 Å². The Morgan fingerprint density at radius 1 is 0.500 bits per heavy atom. The first-order valence-corrected chi connectivity index (χ1v) is 12.1. The predicted molar refractivity (Wildman–Crippen MR) is 140 cm³/mol. The van der Waals surface area contributed by atoms with E-state index in [0.717, 1.165) is 33.9 Å². The van der Waals surface area contributed by atoms with Crippen molar-refractivity contribution in [2.24, 2.45) is 0 Å². The number of hydrogen-bond acceptors (Lipinski definition) is 3. The van der Waals surface area contributed by atoms with Crippen LogP contribution in [0.3, 0.4) is 0 Å². The molecular formula is C30H17NO2S. The highest BCUT2D eigenvalue weighted by molar-refractivity contribution is 7.26. The first-order chi connectivity index (χ1) is 16.8. The van der Waals surface area contributed by atoms with Crippen molar-refractivity contribution in [2.45, 2.75) is 0 Å². The summed E-state index contributed by atoms with van der Waals surface area (Å²) in [6.45, 7) is 0. The molecule has 0 N–H and O–H groups in total. The number of para-hydroxylation sites is 3. The lowest BCUT2D eigenvalue weighted by molar-refractivity contribution is 0.360. The summed E-state index contributed by atoms with van der Waals surface area (Å²) in [5.41, 5.74) is 3.46. The first kappa shape index (κ1) is 18.2. The van der Waals surface area contributed by atoms with E-state index in [1.807, 2.05) is 35.6 Å². The van der Waals surface area contributed by atoms with Gasteiger partial charge in [-0.2, -0.15) is 0 Å². The van der Waals surface area contributed by atoms with Crippen molar-refractivity contribution >= 4 is 53.3 Å². The fraction of sp³-hybridized carbons (Fsp3) is 0. The van der Waals surface area contributed by atoms with Crippen LogP contribution in [0.15, 0.2) is 103 Å². The summed E-state index contributed by atoms with van der Waals surface area (Å²) in [5.74, 6) is 2.96. The molecular weight excluding hydrogens is 438 g/mol. The smallest absolute Gasteiger partial charge is 0.172 e. The third-order valence-electron chi connectivity index (χ3n) is 6.65. The number of rotatable bonds is 1. The normalized spacial score (nSPS) is 12.6. The Morgan fingerprint density at radius 2 is 1.18 bits per heavy atom. The Morgan fingerprint density at radius 3 is 2.03 bits per heavy atom. The van der Waals surface area contributed by atoms with E-state index in [1.54, 1.807) is 0 Å². The summed E-state index contributed by atoms with van der Waals surface area (Å²) >= 11 is 1.85. The Kier molecular flexibility index (Phi) is 3.54. The molecule has 0 amide bonds. The molecule has 0 spiro atoms. The van der Waals surface area contributed by atoms with Crippen LogP contribution in [-0.2, 0) is 0 Å². The van der Waals surface area contributed by atoms with Crippen molar-refractivity contribution < 1.29 is 9.47 Å². The highest BCUT2D eigenvalue weighted by atomic mass is 32.1. The first-order valence-electron chi connectivity index (χ1n) is 11.3. The van der Waals surface area contributed by atoms with Crippen LogP contribution in [0.25, 0.3) is 47.7 Å². The SMILES string of the molecule is c1ccc2c(c1)Oc1cc3c4ccccc4n(-c4cccc5c4sc4ccccc45)c3cc1O2. The van der Waals surface area contributed by atoms with Crippen LogP contribution < -0.4 is 9.47 Å². The zero-order chi connectivity index (χ0) is 22.2. The quantitative estimate of drug-likeness (QED) is 0.246. The molecule has 7 aromatic rings. The number of aromatic nitrogens is 1. The van der Waals surface area contributed by atoms with Gasteiger partial charge in [-0.05, 0) is 36.4 Å². The zero-order valence-electron chi connectivity index (χ0n) is 18.0. The van der Waals surface area contributed by atoms with Gasteiger partial charge < -0.3 is 14.0 Å². The zero-order valence-corrected chi connectivity index (χ0v) is 18.8. The lowest BCUT2D eigenvalue weighted by atomic mass is 10.1.